The van der Waals surface area contributed by atoms with Crippen molar-refractivity contribution in [3.8, 4) is 0 Å². The van der Waals surface area contributed by atoms with Gasteiger partial charge in [-0.3, -0.25) is 4.79 Å². The van der Waals surface area contributed by atoms with Gasteiger partial charge in [-0.15, -0.1) is 11.8 Å². The van der Waals surface area contributed by atoms with Crippen LogP contribution in [-0.2, 0) is 6.61 Å². The third-order valence-corrected chi connectivity index (χ3v) is 3.23. The van der Waals surface area contributed by atoms with Crippen molar-refractivity contribution in [2.45, 2.75) is 11.6 Å². The van der Waals surface area contributed by atoms with Crippen LogP contribution in [0.1, 0.15) is 15.9 Å². The molecule has 0 radical (unpaired) electrons. The fourth-order valence-corrected chi connectivity index (χ4v) is 1.95. The van der Waals surface area contributed by atoms with Crippen molar-refractivity contribution in [3.63, 3.8) is 0 Å². The first kappa shape index (κ1) is 13.6. The number of aromatic nitrogens is 1. The standard InChI is InChI=1S/C14H14N2O2S/c1-19-13-6-5-11(8-15-13)14(18)16-12-4-2-3-10(7-12)9-17/h2-8,17H,9H2,1H3,(H,16,18). The summed E-state index contributed by atoms with van der Waals surface area (Å²) in [5, 5.41) is 12.7. The van der Waals surface area contributed by atoms with Gasteiger partial charge in [-0.25, -0.2) is 4.98 Å². The minimum absolute atomic E-state index is 0.0479. The molecule has 19 heavy (non-hydrogen) atoms. The second kappa shape index (κ2) is 6.36. The van der Waals surface area contributed by atoms with Gasteiger partial charge in [-0.1, -0.05) is 12.1 Å². The van der Waals surface area contributed by atoms with Crippen molar-refractivity contribution in [1.29, 1.82) is 0 Å². The van der Waals surface area contributed by atoms with Crippen molar-refractivity contribution in [2.24, 2.45) is 0 Å². The molecule has 0 aliphatic rings. The Labute approximate surface area is 115 Å². The lowest BCUT2D eigenvalue weighted by atomic mass is 10.2. The van der Waals surface area contributed by atoms with E-state index in [-0.39, 0.29) is 12.5 Å². The van der Waals surface area contributed by atoms with Crippen molar-refractivity contribution in [3.05, 3.63) is 53.7 Å². The molecule has 1 aromatic carbocycles. The molecule has 4 nitrogen and oxygen atoms in total. The van der Waals surface area contributed by atoms with E-state index in [2.05, 4.69) is 10.3 Å². The molecule has 1 amide bonds. The van der Waals surface area contributed by atoms with Gasteiger partial charge in [0, 0.05) is 11.9 Å². The van der Waals surface area contributed by atoms with Crippen LogP contribution in [0, 0.1) is 0 Å². The Morgan fingerprint density at radius 2 is 2.21 bits per heavy atom. The molecule has 0 aliphatic carbocycles. The summed E-state index contributed by atoms with van der Waals surface area (Å²) in [5.41, 5.74) is 1.92. The first-order valence-electron chi connectivity index (χ1n) is 5.74. The van der Waals surface area contributed by atoms with E-state index in [1.807, 2.05) is 12.3 Å². The fraction of sp³-hybridized carbons (Fsp3) is 0.143. The van der Waals surface area contributed by atoms with Gasteiger partial charge >= 0.3 is 0 Å². The summed E-state index contributed by atoms with van der Waals surface area (Å²) in [5.74, 6) is -0.213. The lowest BCUT2D eigenvalue weighted by molar-refractivity contribution is 0.102. The molecule has 0 spiro atoms. The summed E-state index contributed by atoms with van der Waals surface area (Å²) in [6.45, 7) is -0.0479. The van der Waals surface area contributed by atoms with E-state index in [1.165, 1.54) is 11.8 Å². The summed E-state index contributed by atoms with van der Waals surface area (Å²) in [6, 6.07) is 10.6. The molecule has 5 heteroatoms. The Hall–Kier alpha value is -1.85. The van der Waals surface area contributed by atoms with Crippen LogP contribution in [0.15, 0.2) is 47.6 Å². The van der Waals surface area contributed by atoms with Gasteiger partial charge < -0.3 is 10.4 Å². The highest BCUT2D eigenvalue weighted by Gasteiger charge is 2.06. The lowest BCUT2D eigenvalue weighted by Gasteiger charge is -2.06. The van der Waals surface area contributed by atoms with E-state index in [0.29, 0.717) is 11.3 Å². The van der Waals surface area contributed by atoms with Crippen molar-refractivity contribution >= 4 is 23.4 Å². The molecular weight excluding hydrogens is 260 g/mol. The van der Waals surface area contributed by atoms with Gasteiger partial charge in [-0.05, 0) is 36.1 Å². The van der Waals surface area contributed by atoms with Crippen LogP contribution in [0.4, 0.5) is 5.69 Å². The predicted octanol–water partition coefficient (Wildman–Crippen LogP) is 2.55. The Morgan fingerprint density at radius 3 is 2.84 bits per heavy atom. The van der Waals surface area contributed by atoms with Crippen LogP contribution in [-0.4, -0.2) is 22.3 Å². The number of thioether (sulfide) groups is 1. The molecule has 0 atom stereocenters. The molecule has 0 saturated carbocycles. The quantitative estimate of drug-likeness (QED) is 0.841. The van der Waals surface area contributed by atoms with Crippen molar-refractivity contribution in [2.75, 3.05) is 11.6 Å². The molecular formula is C14H14N2O2S. The molecule has 1 heterocycles. The number of carbonyl (C=O) groups excluding carboxylic acids is 1. The highest BCUT2D eigenvalue weighted by atomic mass is 32.2. The van der Waals surface area contributed by atoms with Crippen LogP contribution in [0.2, 0.25) is 0 Å². The molecule has 0 aliphatic heterocycles. The van der Waals surface area contributed by atoms with E-state index in [0.717, 1.165) is 10.6 Å². The van der Waals surface area contributed by atoms with Gasteiger partial charge in [0.15, 0.2) is 0 Å². The predicted molar refractivity (Wildman–Crippen MR) is 76.3 cm³/mol. The number of aliphatic hydroxyl groups is 1. The van der Waals surface area contributed by atoms with Crippen LogP contribution in [0.5, 0.6) is 0 Å². The SMILES string of the molecule is CSc1ccc(C(=O)Nc2cccc(CO)c2)cn1. The average Bonchev–Trinajstić information content (AvgIpc) is 2.47. The first-order chi connectivity index (χ1) is 9.22. The van der Waals surface area contributed by atoms with Gasteiger partial charge in [0.05, 0.1) is 17.2 Å². The number of rotatable bonds is 4. The average molecular weight is 274 g/mol. The zero-order chi connectivity index (χ0) is 13.7. The van der Waals surface area contributed by atoms with Gasteiger partial charge in [0.1, 0.15) is 0 Å². The number of hydrogen-bond acceptors (Lipinski definition) is 4. The number of aliphatic hydroxyl groups excluding tert-OH is 1. The molecule has 0 saturated heterocycles. The van der Waals surface area contributed by atoms with Crippen LogP contribution < -0.4 is 5.32 Å². The number of nitrogens with zero attached hydrogens (tertiary/aromatic N) is 1. The molecule has 2 aromatic rings. The summed E-state index contributed by atoms with van der Waals surface area (Å²) in [6.07, 6.45) is 3.49. The second-order valence-electron chi connectivity index (χ2n) is 3.90. The molecule has 0 fully saturated rings. The van der Waals surface area contributed by atoms with E-state index in [4.69, 9.17) is 5.11 Å². The van der Waals surface area contributed by atoms with Crippen molar-refractivity contribution < 1.29 is 9.90 Å². The molecule has 98 valence electrons. The van der Waals surface area contributed by atoms with Crippen LogP contribution in [0.3, 0.4) is 0 Å². The Morgan fingerprint density at radius 1 is 1.37 bits per heavy atom. The Bertz CT molecular complexity index is 570. The zero-order valence-corrected chi connectivity index (χ0v) is 11.3. The number of hydrogen-bond donors (Lipinski definition) is 2. The number of carbonyl (C=O) groups is 1. The van der Waals surface area contributed by atoms with Gasteiger partial charge in [-0.2, -0.15) is 0 Å². The number of anilines is 1. The number of benzene rings is 1. The van der Waals surface area contributed by atoms with E-state index in [9.17, 15) is 4.79 Å². The van der Waals surface area contributed by atoms with E-state index in [1.54, 1.807) is 36.5 Å². The minimum atomic E-state index is -0.213. The number of pyridine rings is 1. The molecule has 0 bridgehead atoms. The van der Waals surface area contributed by atoms with Crippen LogP contribution >= 0.6 is 11.8 Å². The summed E-state index contributed by atoms with van der Waals surface area (Å²) < 4.78 is 0. The molecule has 0 unspecified atom stereocenters. The third kappa shape index (κ3) is 3.56. The minimum Gasteiger partial charge on any atom is -0.392 e. The monoisotopic (exact) mass is 274 g/mol. The Balaban J connectivity index is 2.11. The highest BCUT2D eigenvalue weighted by Crippen LogP contribution is 2.14. The largest absolute Gasteiger partial charge is 0.392 e. The normalized spacial score (nSPS) is 10.2. The molecule has 1 aromatic heterocycles. The number of nitrogens with one attached hydrogen (secondary N) is 1. The fourth-order valence-electron chi connectivity index (χ4n) is 1.59. The maximum Gasteiger partial charge on any atom is 0.257 e. The van der Waals surface area contributed by atoms with E-state index < -0.39 is 0 Å². The summed E-state index contributed by atoms with van der Waals surface area (Å²) >= 11 is 1.53. The lowest BCUT2D eigenvalue weighted by Crippen LogP contribution is -2.12. The van der Waals surface area contributed by atoms with Crippen LogP contribution in [0.25, 0.3) is 0 Å². The first-order valence-corrected chi connectivity index (χ1v) is 6.96. The Kier molecular flexibility index (Phi) is 4.54. The summed E-state index contributed by atoms with van der Waals surface area (Å²) in [7, 11) is 0. The molecule has 2 rings (SSSR count). The van der Waals surface area contributed by atoms with E-state index >= 15 is 0 Å². The van der Waals surface area contributed by atoms with Gasteiger partial charge in [0.2, 0.25) is 0 Å². The topological polar surface area (TPSA) is 62.2 Å². The molecule has 2 N–H and O–H groups in total. The number of amides is 1. The summed E-state index contributed by atoms with van der Waals surface area (Å²) in [4.78, 5) is 16.1. The maximum atomic E-state index is 12.0. The third-order valence-electron chi connectivity index (χ3n) is 2.58. The smallest absolute Gasteiger partial charge is 0.257 e. The zero-order valence-electron chi connectivity index (χ0n) is 10.5. The van der Waals surface area contributed by atoms with Gasteiger partial charge in [0.25, 0.3) is 5.91 Å². The maximum absolute atomic E-state index is 12.0. The second-order valence-corrected chi connectivity index (χ2v) is 4.73. The van der Waals surface area contributed by atoms with Crippen molar-refractivity contribution in [1.82, 2.24) is 4.98 Å². The highest BCUT2D eigenvalue weighted by molar-refractivity contribution is 7.98.